The second-order valence-corrected chi connectivity index (χ2v) is 4.19. The lowest BCUT2D eigenvalue weighted by Gasteiger charge is -2.26. The summed E-state index contributed by atoms with van der Waals surface area (Å²) in [5.41, 5.74) is 0.880. The Morgan fingerprint density at radius 3 is 2.60 bits per heavy atom. The third kappa shape index (κ3) is 2.71. The SMILES string of the molecule is CCC(O)(COC)c1ccc(C)c(Cl)c1. The number of benzene rings is 1. The van der Waals surface area contributed by atoms with Crippen LogP contribution in [0.25, 0.3) is 0 Å². The maximum atomic E-state index is 10.3. The molecule has 0 spiro atoms. The highest BCUT2D eigenvalue weighted by atomic mass is 35.5. The number of ether oxygens (including phenoxy) is 1. The molecule has 0 aliphatic rings. The van der Waals surface area contributed by atoms with Crippen LogP contribution in [0.4, 0.5) is 0 Å². The van der Waals surface area contributed by atoms with Gasteiger partial charge in [-0.15, -0.1) is 0 Å². The highest BCUT2D eigenvalue weighted by Gasteiger charge is 2.27. The number of aliphatic hydroxyl groups is 1. The van der Waals surface area contributed by atoms with E-state index in [4.69, 9.17) is 16.3 Å². The van der Waals surface area contributed by atoms with Crippen LogP contribution < -0.4 is 0 Å². The van der Waals surface area contributed by atoms with Crippen LogP contribution in [0.1, 0.15) is 24.5 Å². The molecule has 0 amide bonds. The Balaban J connectivity index is 3.07. The molecule has 0 aliphatic heterocycles. The van der Waals surface area contributed by atoms with Gasteiger partial charge in [-0.3, -0.25) is 0 Å². The van der Waals surface area contributed by atoms with E-state index in [2.05, 4.69) is 0 Å². The number of halogens is 1. The lowest BCUT2D eigenvalue weighted by molar-refractivity contribution is -0.0386. The molecule has 0 heterocycles. The first-order valence-corrected chi connectivity index (χ1v) is 5.39. The molecule has 1 unspecified atom stereocenters. The van der Waals surface area contributed by atoms with Gasteiger partial charge in [0.25, 0.3) is 0 Å². The second-order valence-electron chi connectivity index (χ2n) is 3.78. The van der Waals surface area contributed by atoms with Gasteiger partial charge in [-0.2, -0.15) is 0 Å². The first-order chi connectivity index (χ1) is 7.03. The number of hydrogen-bond donors (Lipinski definition) is 1. The van der Waals surface area contributed by atoms with Crippen LogP contribution >= 0.6 is 11.6 Å². The Hall–Kier alpha value is -0.570. The Morgan fingerprint density at radius 2 is 2.13 bits per heavy atom. The van der Waals surface area contributed by atoms with Crippen LogP contribution in [0.5, 0.6) is 0 Å². The summed E-state index contributed by atoms with van der Waals surface area (Å²) >= 11 is 6.03. The van der Waals surface area contributed by atoms with Crippen molar-refractivity contribution in [3.63, 3.8) is 0 Å². The maximum Gasteiger partial charge on any atom is 0.113 e. The van der Waals surface area contributed by atoms with Crippen LogP contribution in [0, 0.1) is 6.92 Å². The molecule has 15 heavy (non-hydrogen) atoms. The standard InChI is InChI=1S/C12H17ClO2/c1-4-12(14,8-15-3)10-6-5-9(2)11(13)7-10/h5-7,14H,4,8H2,1-3H3. The van der Waals surface area contributed by atoms with E-state index in [1.807, 2.05) is 26.0 Å². The van der Waals surface area contributed by atoms with E-state index < -0.39 is 5.60 Å². The summed E-state index contributed by atoms with van der Waals surface area (Å²) in [5, 5.41) is 11.0. The monoisotopic (exact) mass is 228 g/mol. The van der Waals surface area contributed by atoms with Gasteiger partial charge in [-0.25, -0.2) is 0 Å². The smallest absolute Gasteiger partial charge is 0.113 e. The summed E-state index contributed by atoms with van der Waals surface area (Å²) in [5.74, 6) is 0. The fraction of sp³-hybridized carbons (Fsp3) is 0.500. The van der Waals surface area contributed by atoms with E-state index in [1.54, 1.807) is 13.2 Å². The molecule has 0 aliphatic carbocycles. The quantitative estimate of drug-likeness (QED) is 0.859. The molecule has 1 aromatic carbocycles. The van der Waals surface area contributed by atoms with Crippen molar-refractivity contribution in [2.24, 2.45) is 0 Å². The van der Waals surface area contributed by atoms with Gasteiger partial charge in [-0.05, 0) is 30.5 Å². The van der Waals surface area contributed by atoms with Crippen molar-refractivity contribution in [2.75, 3.05) is 13.7 Å². The van der Waals surface area contributed by atoms with Gasteiger partial charge >= 0.3 is 0 Å². The predicted octanol–water partition coefficient (Wildman–Crippen LogP) is 2.89. The second kappa shape index (κ2) is 4.97. The molecule has 0 bridgehead atoms. The van der Waals surface area contributed by atoms with Gasteiger partial charge in [0.2, 0.25) is 0 Å². The van der Waals surface area contributed by atoms with Crippen molar-refractivity contribution >= 4 is 11.6 Å². The van der Waals surface area contributed by atoms with Crippen LogP contribution in [-0.4, -0.2) is 18.8 Å². The summed E-state index contributed by atoms with van der Waals surface area (Å²) in [4.78, 5) is 0. The van der Waals surface area contributed by atoms with Crippen LogP contribution in [0.3, 0.4) is 0 Å². The lowest BCUT2D eigenvalue weighted by atomic mass is 9.91. The summed E-state index contributed by atoms with van der Waals surface area (Å²) < 4.78 is 5.03. The minimum atomic E-state index is -0.938. The average molecular weight is 229 g/mol. The molecule has 1 atom stereocenters. The fourth-order valence-electron chi connectivity index (χ4n) is 1.51. The third-order valence-electron chi connectivity index (χ3n) is 2.68. The maximum absolute atomic E-state index is 10.3. The Bertz CT molecular complexity index is 338. The van der Waals surface area contributed by atoms with Gasteiger partial charge in [0, 0.05) is 12.1 Å². The molecule has 0 radical (unpaired) electrons. The first kappa shape index (κ1) is 12.5. The third-order valence-corrected chi connectivity index (χ3v) is 3.08. The summed E-state index contributed by atoms with van der Waals surface area (Å²) in [6, 6.07) is 5.61. The molecule has 0 aromatic heterocycles. The van der Waals surface area contributed by atoms with Crippen molar-refractivity contribution in [3.8, 4) is 0 Å². The number of rotatable bonds is 4. The molecule has 3 heteroatoms. The van der Waals surface area contributed by atoms with E-state index in [1.165, 1.54) is 0 Å². The van der Waals surface area contributed by atoms with Crippen molar-refractivity contribution in [1.29, 1.82) is 0 Å². The molecule has 0 fully saturated rings. The normalized spacial score (nSPS) is 15.0. The Morgan fingerprint density at radius 1 is 1.47 bits per heavy atom. The van der Waals surface area contributed by atoms with Crippen LogP contribution in [-0.2, 0) is 10.3 Å². The van der Waals surface area contributed by atoms with E-state index >= 15 is 0 Å². The molecule has 2 nitrogen and oxygen atoms in total. The lowest BCUT2D eigenvalue weighted by Crippen LogP contribution is -2.30. The van der Waals surface area contributed by atoms with E-state index in [-0.39, 0.29) is 6.61 Å². The van der Waals surface area contributed by atoms with Crippen molar-refractivity contribution < 1.29 is 9.84 Å². The van der Waals surface area contributed by atoms with Gasteiger partial charge < -0.3 is 9.84 Å². The van der Waals surface area contributed by atoms with Crippen LogP contribution in [0.15, 0.2) is 18.2 Å². The molecule has 0 saturated carbocycles. The minimum Gasteiger partial charge on any atom is -0.383 e. The topological polar surface area (TPSA) is 29.5 Å². The molecule has 84 valence electrons. The molecule has 1 rings (SSSR count). The largest absolute Gasteiger partial charge is 0.383 e. The van der Waals surface area contributed by atoms with Crippen LogP contribution in [0.2, 0.25) is 5.02 Å². The highest BCUT2D eigenvalue weighted by molar-refractivity contribution is 6.31. The number of hydrogen-bond acceptors (Lipinski definition) is 2. The van der Waals surface area contributed by atoms with E-state index in [0.717, 1.165) is 11.1 Å². The molecular formula is C12H17ClO2. The van der Waals surface area contributed by atoms with E-state index in [0.29, 0.717) is 11.4 Å². The number of aryl methyl sites for hydroxylation is 1. The Kier molecular flexibility index (Phi) is 4.14. The Labute approximate surface area is 95.8 Å². The van der Waals surface area contributed by atoms with Gasteiger partial charge in [-0.1, -0.05) is 30.7 Å². The zero-order valence-corrected chi connectivity index (χ0v) is 10.1. The summed E-state index contributed by atoms with van der Waals surface area (Å²) in [7, 11) is 1.58. The zero-order chi connectivity index (χ0) is 11.5. The molecule has 1 N–H and O–H groups in total. The predicted molar refractivity (Wildman–Crippen MR) is 62.3 cm³/mol. The number of methoxy groups -OCH3 is 1. The zero-order valence-electron chi connectivity index (χ0n) is 9.38. The summed E-state index contributed by atoms with van der Waals surface area (Å²) in [6.45, 7) is 4.14. The van der Waals surface area contributed by atoms with E-state index in [9.17, 15) is 5.11 Å². The molecular weight excluding hydrogens is 212 g/mol. The van der Waals surface area contributed by atoms with Gasteiger partial charge in [0.05, 0.1) is 6.61 Å². The highest BCUT2D eigenvalue weighted by Crippen LogP contribution is 2.28. The molecule has 0 saturated heterocycles. The fourth-order valence-corrected chi connectivity index (χ4v) is 1.69. The van der Waals surface area contributed by atoms with Crippen molar-refractivity contribution in [3.05, 3.63) is 34.3 Å². The van der Waals surface area contributed by atoms with Crippen molar-refractivity contribution in [2.45, 2.75) is 25.9 Å². The van der Waals surface area contributed by atoms with Gasteiger partial charge in [0.15, 0.2) is 0 Å². The summed E-state index contributed by atoms with van der Waals surface area (Å²) in [6.07, 6.45) is 0.597. The first-order valence-electron chi connectivity index (χ1n) is 5.01. The minimum absolute atomic E-state index is 0.281. The average Bonchev–Trinajstić information content (AvgIpc) is 2.22. The molecule has 1 aromatic rings. The van der Waals surface area contributed by atoms with Gasteiger partial charge in [0.1, 0.15) is 5.60 Å². The van der Waals surface area contributed by atoms with Crippen molar-refractivity contribution in [1.82, 2.24) is 0 Å².